The number of hydrogen-bond acceptors (Lipinski definition) is 6. The van der Waals surface area contributed by atoms with Crippen LogP contribution in [0.25, 0.3) is 0 Å². The molecule has 1 atom stereocenters. The molecule has 0 bridgehead atoms. The Bertz CT molecular complexity index is 971. The Kier molecular flexibility index (Phi) is 19.7. The molecule has 0 saturated carbocycles. The smallest absolute Gasteiger partial charge is 0.266 e. The van der Waals surface area contributed by atoms with Gasteiger partial charge in [-0.2, -0.15) is 12.6 Å². The van der Waals surface area contributed by atoms with E-state index in [1.54, 1.807) is 6.26 Å². The molecule has 1 aromatic carbocycles. The number of nitrogens with one attached hydrogen (secondary N) is 1. The predicted molar refractivity (Wildman–Crippen MR) is 159 cm³/mol. The largest absolute Gasteiger partial charge is 0.365 e. The van der Waals surface area contributed by atoms with E-state index in [1.165, 1.54) is 49.4 Å². The third-order valence-electron chi connectivity index (χ3n) is 6.02. The Hall–Kier alpha value is -2.04. The van der Waals surface area contributed by atoms with E-state index in [-0.39, 0.29) is 17.4 Å². The summed E-state index contributed by atoms with van der Waals surface area (Å²) in [7, 11) is 2.21. The predicted octanol–water partition coefficient (Wildman–Crippen LogP) is 7.63. The van der Waals surface area contributed by atoms with Crippen LogP contribution < -0.4 is 5.32 Å². The highest BCUT2D eigenvalue weighted by atomic mass is 35.5. The molecule has 0 fully saturated rings. The second-order valence-corrected chi connectivity index (χ2v) is 9.19. The van der Waals surface area contributed by atoms with Crippen molar-refractivity contribution in [3.63, 3.8) is 0 Å². The highest BCUT2D eigenvalue weighted by molar-refractivity contribution is 7.79. The Balaban J connectivity index is 0.000000815. The van der Waals surface area contributed by atoms with E-state index in [2.05, 4.69) is 60.6 Å². The van der Waals surface area contributed by atoms with Gasteiger partial charge in [-0.05, 0) is 56.8 Å². The van der Waals surface area contributed by atoms with Crippen LogP contribution >= 0.6 is 24.2 Å². The SMILES string of the molecule is CC.CCCN(C)CCC(C)CC.CS.O=CN1Cc2nc(Cl)nc(NCc3cccc(C(F)F)c3F)c2C1. The summed E-state index contributed by atoms with van der Waals surface area (Å²) in [5.74, 6) is 0.303. The van der Waals surface area contributed by atoms with E-state index in [1.807, 2.05) is 13.8 Å². The number of alkyl halides is 2. The number of anilines is 1. The molecule has 11 heteroatoms. The number of benzene rings is 1. The van der Waals surface area contributed by atoms with Gasteiger partial charge in [0, 0.05) is 17.7 Å². The highest BCUT2D eigenvalue weighted by Crippen LogP contribution is 2.29. The average molecular weight is 592 g/mol. The minimum atomic E-state index is -2.89. The zero-order valence-corrected chi connectivity index (χ0v) is 25.9. The number of carbonyl (C=O) groups is 1. The fraction of sp³-hybridized carbons (Fsp3) is 0.607. The normalized spacial score (nSPS) is 12.4. The van der Waals surface area contributed by atoms with Crippen molar-refractivity contribution >= 4 is 36.5 Å². The molecule has 1 N–H and O–H groups in total. The van der Waals surface area contributed by atoms with Gasteiger partial charge in [0.05, 0.1) is 24.3 Å². The van der Waals surface area contributed by atoms with Crippen molar-refractivity contribution in [3.05, 3.63) is 51.7 Å². The minimum absolute atomic E-state index is 0.00852. The molecule has 222 valence electrons. The molecule has 2 aromatic rings. The average Bonchev–Trinajstić information content (AvgIpc) is 3.37. The quantitative estimate of drug-likeness (QED) is 0.160. The third kappa shape index (κ3) is 12.8. The van der Waals surface area contributed by atoms with Gasteiger partial charge in [-0.1, -0.05) is 59.2 Å². The van der Waals surface area contributed by atoms with Crippen LogP contribution in [-0.4, -0.2) is 52.6 Å². The number of rotatable bonds is 11. The van der Waals surface area contributed by atoms with Crippen molar-refractivity contribution < 1.29 is 18.0 Å². The fourth-order valence-electron chi connectivity index (χ4n) is 3.69. The molecule has 1 aliphatic heterocycles. The van der Waals surface area contributed by atoms with Gasteiger partial charge in [0.15, 0.2) is 0 Å². The summed E-state index contributed by atoms with van der Waals surface area (Å²) in [6, 6.07) is 3.83. The maximum Gasteiger partial charge on any atom is 0.266 e. The zero-order valence-electron chi connectivity index (χ0n) is 24.3. The Morgan fingerprint density at radius 1 is 1.18 bits per heavy atom. The van der Waals surface area contributed by atoms with Crippen LogP contribution in [0.3, 0.4) is 0 Å². The molecule has 1 aliphatic rings. The van der Waals surface area contributed by atoms with Gasteiger partial charge < -0.3 is 15.1 Å². The first-order chi connectivity index (χ1) is 18.7. The molecule has 0 spiro atoms. The molecule has 39 heavy (non-hydrogen) atoms. The summed E-state index contributed by atoms with van der Waals surface area (Å²) < 4.78 is 39.6. The Labute approximate surface area is 243 Å². The molecule has 0 aliphatic carbocycles. The number of thiol groups is 1. The highest BCUT2D eigenvalue weighted by Gasteiger charge is 2.24. The Morgan fingerprint density at radius 3 is 2.41 bits per heavy atom. The lowest BCUT2D eigenvalue weighted by Gasteiger charge is -2.17. The first-order valence-electron chi connectivity index (χ1n) is 13.4. The monoisotopic (exact) mass is 591 g/mol. The van der Waals surface area contributed by atoms with Crippen molar-refractivity contribution in [1.29, 1.82) is 0 Å². The number of halogens is 4. The maximum absolute atomic E-state index is 14.1. The van der Waals surface area contributed by atoms with Gasteiger partial charge in [0.2, 0.25) is 11.7 Å². The topological polar surface area (TPSA) is 61.4 Å². The molecule has 0 saturated heterocycles. The van der Waals surface area contributed by atoms with Crippen molar-refractivity contribution in [2.45, 2.75) is 79.9 Å². The van der Waals surface area contributed by atoms with E-state index in [9.17, 15) is 18.0 Å². The molecule has 0 radical (unpaired) electrons. The standard InChI is InChI=1S/C15H12ClF3N4O.C10H23N.C2H6.CH4S/c16-15-21-11-6-23(7-24)5-10(11)14(22-15)20-4-8-2-1-3-9(12(8)17)13(18)19;1-5-8-11(4)9-7-10(3)6-2;2*1-2/h1-3,7,13H,4-6H2,(H,20,21,22);10H,5-9H2,1-4H3;1-2H3;2H,1H3. The van der Waals surface area contributed by atoms with Gasteiger partial charge in [0.25, 0.3) is 6.43 Å². The first-order valence-corrected chi connectivity index (χ1v) is 14.6. The van der Waals surface area contributed by atoms with Crippen LogP contribution in [0, 0.1) is 11.7 Å². The lowest BCUT2D eigenvalue weighted by atomic mass is 10.1. The fourth-order valence-corrected chi connectivity index (χ4v) is 3.88. The second-order valence-electron chi connectivity index (χ2n) is 8.86. The van der Waals surface area contributed by atoms with Crippen molar-refractivity contribution in [2.24, 2.45) is 5.92 Å². The number of carbonyl (C=O) groups excluding carboxylic acids is 1. The molecule has 1 aromatic heterocycles. The van der Waals surface area contributed by atoms with Gasteiger partial charge in [-0.15, -0.1) is 0 Å². The van der Waals surface area contributed by atoms with E-state index in [0.717, 1.165) is 12.0 Å². The number of nitrogens with zero attached hydrogens (tertiary/aromatic N) is 4. The van der Waals surface area contributed by atoms with Crippen molar-refractivity contribution in [3.8, 4) is 0 Å². The van der Waals surface area contributed by atoms with Gasteiger partial charge >= 0.3 is 0 Å². The van der Waals surface area contributed by atoms with E-state index in [4.69, 9.17) is 11.6 Å². The maximum atomic E-state index is 14.1. The zero-order chi connectivity index (χ0) is 30.0. The first kappa shape index (κ1) is 37.0. The van der Waals surface area contributed by atoms with E-state index >= 15 is 0 Å². The van der Waals surface area contributed by atoms with E-state index in [0.29, 0.717) is 36.6 Å². The van der Waals surface area contributed by atoms with E-state index < -0.39 is 17.8 Å². The summed E-state index contributed by atoms with van der Waals surface area (Å²) in [5.41, 5.74) is 0.720. The van der Waals surface area contributed by atoms with Crippen LogP contribution in [0.1, 0.15) is 82.7 Å². The van der Waals surface area contributed by atoms with Crippen LogP contribution in [0.4, 0.5) is 19.0 Å². The Morgan fingerprint density at radius 2 is 1.85 bits per heavy atom. The number of aromatic nitrogens is 2. The summed E-state index contributed by atoms with van der Waals surface area (Å²) in [6.07, 6.45) is 3.44. The van der Waals surface area contributed by atoms with Crippen LogP contribution in [0.15, 0.2) is 18.2 Å². The lowest BCUT2D eigenvalue weighted by Crippen LogP contribution is -2.21. The number of fused-ring (bicyclic) bond motifs is 1. The number of hydrogen-bond donors (Lipinski definition) is 2. The van der Waals surface area contributed by atoms with Crippen LogP contribution in [0.5, 0.6) is 0 Å². The third-order valence-corrected chi connectivity index (χ3v) is 6.19. The van der Waals surface area contributed by atoms with Gasteiger partial charge in [0.1, 0.15) is 11.6 Å². The molecule has 2 heterocycles. The summed E-state index contributed by atoms with van der Waals surface area (Å²) in [6.45, 7) is 13.9. The van der Waals surface area contributed by atoms with Crippen molar-refractivity contribution in [2.75, 3.05) is 31.7 Å². The summed E-state index contributed by atoms with van der Waals surface area (Å²) >= 11 is 9.38. The minimum Gasteiger partial charge on any atom is -0.365 e. The molecular formula is C28H45ClF3N5OS. The van der Waals surface area contributed by atoms with Gasteiger partial charge in [-0.25, -0.2) is 23.1 Å². The van der Waals surface area contributed by atoms with Crippen molar-refractivity contribution in [1.82, 2.24) is 19.8 Å². The summed E-state index contributed by atoms with van der Waals surface area (Å²) in [5, 5.41) is 2.88. The molecule has 1 amide bonds. The molecule has 6 nitrogen and oxygen atoms in total. The van der Waals surface area contributed by atoms with Gasteiger partial charge in [-0.3, -0.25) is 4.79 Å². The van der Waals surface area contributed by atoms with Crippen LogP contribution in [0.2, 0.25) is 5.28 Å². The summed E-state index contributed by atoms with van der Waals surface area (Å²) in [4.78, 5) is 22.9. The molecule has 1 unspecified atom stereocenters. The molecule has 3 rings (SSSR count). The number of amides is 1. The lowest BCUT2D eigenvalue weighted by molar-refractivity contribution is -0.118. The van der Waals surface area contributed by atoms with Crippen LogP contribution in [-0.2, 0) is 24.4 Å². The second kappa shape index (κ2) is 20.8. The molecular weight excluding hydrogens is 547 g/mol.